The third-order valence-corrected chi connectivity index (χ3v) is 4.03. The van der Waals surface area contributed by atoms with Crippen molar-refractivity contribution in [1.82, 2.24) is 10.3 Å². The van der Waals surface area contributed by atoms with Gasteiger partial charge in [-0.1, -0.05) is 29.3 Å². The number of carbonyl (C=O) groups is 1. The van der Waals surface area contributed by atoms with Gasteiger partial charge in [0.2, 0.25) is 0 Å². The maximum Gasteiger partial charge on any atom is 0.270 e. The number of nitrogens with one attached hydrogen (secondary N) is 1. The summed E-state index contributed by atoms with van der Waals surface area (Å²) in [5, 5.41) is 5.62. The molecule has 2 aromatic rings. The summed E-state index contributed by atoms with van der Waals surface area (Å²) in [7, 11) is 0. The van der Waals surface area contributed by atoms with Crippen molar-refractivity contribution in [3.63, 3.8) is 0 Å². The van der Waals surface area contributed by atoms with E-state index in [0.29, 0.717) is 18.8 Å². The summed E-state index contributed by atoms with van der Waals surface area (Å²) >= 11 is 1.48. The highest BCUT2D eigenvalue weighted by Crippen LogP contribution is 2.11. The van der Waals surface area contributed by atoms with E-state index in [-0.39, 0.29) is 18.3 Å². The van der Waals surface area contributed by atoms with Crippen LogP contribution in [0.1, 0.15) is 32.2 Å². The first-order chi connectivity index (χ1) is 10.1. The van der Waals surface area contributed by atoms with Gasteiger partial charge < -0.3 is 11.1 Å². The van der Waals surface area contributed by atoms with Crippen LogP contribution in [0.2, 0.25) is 0 Å². The second-order valence-corrected chi connectivity index (χ2v) is 6.11. The van der Waals surface area contributed by atoms with Crippen molar-refractivity contribution >= 4 is 29.7 Å². The van der Waals surface area contributed by atoms with Crippen molar-refractivity contribution in [2.24, 2.45) is 5.73 Å². The molecule has 1 aromatic heterocycles. The maximum absolute atomic E-state index is 12.0. The highest BCUT2D eigenvalue weighted by Gasteiger charge is 2.09. The van der Waals surface area contributed by atoms with Crippen LogP contribution >= 0.6 is 23.7 Å². The van der Waals surface area contributed by atoms with Gasteiger partial charge in [0.1, 0.15) is 5.69 Å². The molecule has 2 rings (SSSR count). The third kappa shape index (κ3) is 5.40. The average molecular weight is 340 g/mol. The highest BCUT2D eigenvalue weighted by molar-refractivity contribution is 7.09. The topological polar surface area (TPSA) is 68.0 Å². The van der Waals surface area contributed by atoms with E-state index in [1.807, 2.05) is 0 Å². The third-order valence-electron chi connectivity index (χ3n) is 3.12. The number of hydrogen-bond acceptors (Lipinski definition) is 4. The van der Waals surface area contributed by atoms with Crippen LogP contribution in [0.5, 0.6) is 0 Å². The van der Waals surface area contributed by atoms with Crippen LogP contribution < -0.4 is 11.1 Å². The Morgan fingerprint density at radius 1 is 1.23 bits per heavy atom. The number of nitrogens with zero attached hydrogens (tertiary/aromatic N) is 1. The smallest absolute Gasteiger partial charge is 0.270 e. The normalized spacial score (nSPS) is 10.1. The number of nitrogens with two attached hydrogens (primary N) is 1. The molecule has 0 bridgehead atoms. The summed E-state index contributed by atoms with van der Waals surface area (Å²) in [6.45, 7) is 5.35. The molecule has 0 radical (unpaired) electrons. The van der Waals surface area contributed by atoms with Crippen LogP contribution in [0, 0.1) is 13.8 Å². The Morgan fingerprint density at radius 3 is 2.55 bits per heavy atom. The lowest BCUT2D eigenvalue weighted by molar-refractivity contribution is 0.0949. The first-order valence-corrected chi connectivity index (χ1v) is 7.96. The molecule has 0 aliphatic carbocycles. The lowest BCUT2D eigenvalue weighted by Crippen LogP contribution is -2.26. The molecule has 1 aromatic carbocycles. The zero-order valence-electron chi connectivity index (χ0n) is 12.9. The molecule has 4 nitrogen and oxygen atoms in total. The van der Waals surface area contributed by atoms with Gasteiger partial charge in [-0.2, -0.15) is 0 Å². The van der Waals surface area contributed by atoms with Crippen LogP contribution in [-0.2, 0) is 12.8 Å². The molecule has 0 saturated carbocycles. The van der Waals surface area contributed by atoms with E-state index in [4.69, 9.17) is 5.73 Å². The highest BCUT2D eigenvalue weighted by atomic mass is 35.5. The van der Waals surface area contributed by atoms with Gasteiger partial charge in [-0.05, 0) is 32.4 Å². The number of benzene rings is 1. The SMILES string of the molecule is Cc1cc(C)cc(CCNC(=O)c2csc(CCN)n2)c1.Cl. The number of hydrogen-bond donors (Lipinski definition) is 2. The van der Waals surface area contributed by atoms with Crippen LogP contribution in [0.15, 0.2) is 23.6 Å². The van der Waals surface area contributed by atoms with Gasteiger partial charge in [0.15, 0.2) is 0 Å². The van der Waals surface area contributed by atoms with Crippen molar-refractivity contribution in [3.8, 4) is 0 Å². The minimum atomic E-state index is -0.112. The Kier molecular flexibility index (Phi) is 7.51. The molecule has 6 heteroatoms. The van der Waals surface area contributed by atoms with E-state index < -0.39 is 0 Å². The molecule has 0 spiro atoms. The Bertz CT molecular complexity index is 607. The number of aromatic nitrogens is 1. The van der Waals surface area contributed by atoms with E-state index in [9.17, 15) is 4.79 Å². The largest absolute Gasteiger partial charge is 0.350 e. The molecule has 3 N–H and O–H groups in total. The van der Waals surface area contributed by atoms with Gasteiger partial charge >= 0.3 is 0 Å². The molecular weight excluding hydrogens is 318 g/mol. The molecule has 0 unspecified atom stereocenters. The second kappa shape index (κ2) is 8.88. The molecular formula is C16H22ClN3OS. The summed E-state index contributed by atoms with van der Waals surface area (Å²) in [5.41, 5.74) is 9.72. The summed E-state index contributed by atoms with van der Waals surface area (Å²) in [6.07, 6.45) is 1.55. The lowest BCUT2D eigenvalue weighted by Gasteiger charge is -2.06. The monoisotopic (exact) mass is 339 g/mol. The van der Waals surface area contributed by atoms with Gasteiger partial charge in [-0.25, -0.2) is 4.98 Å². The van der Waals surface area contributed by atoms with Crippen molar-refractivity contribution in [1.29, 1.82) is 0 Å². The zero-order valence-corrected chi connectivity index (χ0v) is 14.5. The minimum Gasteiger partial charge on any atom is -0.350 e. The fourth-order valence-electron chi connectivity index (χ4n) is 2.28. The molecule has 0 fully saturated rings. The van der Waals surface area contributed by atoms with Crippen molar-refractivity contribution < 1.29 is 4.79 Å². The van der Waals surface area contributed by atoms with E-state index in [0.717, 1.165) is 17.8 Å². The summed E-state index contributed by atoms with van der Waals surface area (Å²) < 4.78 is 0. The molecule has 1 amide bonds. The predicted molar refractivity (Wildman–Crippen MR) is 94.1 cm³/mol. The van der Waals surface area contributed by atoms with Gasteiger partial charge in [0.25, 0.3) is 5.91 Å². The number of amides is 1. The molecule has 0 atom stereocenters. The van der Waals surface area contributed by atoms with Crippen LogP contribution in [0.25, 0.3) is 0 Å². The predicted octanol–water partition coefficient (Wildman–Crippen LogP) is 2.66. The van der Waals surface area contributed by atoms with Gasteiger partial charge in [0.05, 0.1) is 5.01 Å². The summed E-state index contributed by atoms with van der Waals surface area (Å²) in [4.78, 5) is 16.3. The van der Waals surface area contributed by atoms with Crippen molar-refractivity contribution in [2.75, 3.05) is 13.1 Å². The summed E-state index contributed by atoms with van der Waals surface area (Å²) in [5.74, 6) is -0.112. The average Bonchev–Trinajstić information content (AvgIpc) is 2.86. The first kappa shape index (κ1) is 18.6. The Hall–Kier alpha value is -1.43. The fraction of sp³-hybridized carbons (Fsp3) is 0.375. The molecule has 0 aliphatic rings. The van der Waals surface area contributed by atoms with Gasteiger partial charge in [-0.3, -0.25) is 4.79 Å². The number of rotatable bonds is 6. The lowest BCUT2D eigenvalue weighted by atomic mass is 10.1. The Balaban J connectivity index is 0.00000242. The zero-order chi connectivity index (χ0) is 15.2. The Morgan fingerprint density at radius 2 is 1.91 bits per heavy atom. The number of halogens is 1. The van der Waals surface area contributed by atoms with E-state index in [1.165, 1.54) is 28.0 Å². The fourth-order valence-corrected chi connectivity index (χ4v) is 3.07. The minimum absolute atomic E-state index is 0. The molecule has 0 aliphatic heterocycles. The summed E-state index contributed by atoms with van der Waals surface area (Å²) in [6, 6.07) is 6.46. The number of thiazole rings is 1. The Labute approximate surface area is 141 Å². The van der Waals surface area contributed by atoms with Gasteiger partial charge in [-0.15, -0.1) is 23.7 Å². The van der Waals surface area contributed by atoms with Crippen molar-refractivity contribution in [3.05, 3.63) is 51.0 Å². The van der Waals surface area contributed by atoms with E-state index >= 15 is 0 Å². The van der Waals surface area contributed by atoms with Crippen LogP contribution in [0.4, 0.5) is 0 Å². The number of carbonyl (C=O) groups excluding carboxylic acids is 1. The second-order valence-electron chi connectivity index (χ2n) is 5.17. The number of aryl methyl sites for hydroxylation is 2. The molecule has 120 valence electrons. The standard InChI is InChI=1S/C16H21N3OS.ClH/c1-11-7-12(2)9-13(8-11)4-6-18-16(20)14-10-21-15(19-14)3-5-17;/h7-10H,3-6,17H2,1-2H3,(H,18,20);1H. The molecule has 0 saturated heterocycles. The van der Waals surface area contributed by atoms with Crippen LogP contribution in [0.3, 0.4) is 0 Å². The van der Waals surface area contributed by atoms with E-state index in [2.05, 4.69) is 42.3 Å². The quantitative estimate of drug-likeness (QED) is 0.850. The maximum atomic E-state index is 12.0. The first-order valence-electron chi connectivity index (χ1n) is 7.08. The van der Waals surface area contributed by atoms with E-state index in [1.54, 1.807) is 5.38 Å². The van der Waals surface area contributed by atoms with Gasteiger partial charge in [0, 0.05) is 18.3 Å². The molecule has 1 heterocycles. The van der Waals surface area contributed by atoms with Crippen molar-refractivity contribution in [2.45, 2.75) is 26.7 Å². The van der Waals surface area contributed by atoms with Crippen LogP contribution in [-0.4, -0.2) is 24.0 Å². The molecule has 22 heavy (non-hydrogen) atoms.